The molecule has 0 aliphatic carbocycles. The SMILES string of the molecule is CC[C@@H](C)OC(=O)c1cccc(Cl)c1. The van der Waals surface area contributed by atoms with E-state index in [1.807, 2.05) is 13.8 Å². The monoisotopic (exact) mass is 212 g/mol. The van der Waals surface area contributed by atoms with Gasteiger partial charge < -0.3 is 4.74 Å². The molecule has 0 radical (unpaired) electrons. The van der Waals surface area contributed by atoms with Crippen molar-refractivity contribution in [2.24, 2.45) is 0 Å². The van der Waals surface area contributed by atoms with E-state index in [0.717, 1.165) is 6.42 Å². The Bertz CT molecular complexity index is 323. The molecule has 1 rings (SSSR count). The lowest BCUT2D eigenvalue weighted by molar-refractivity contribution is 0.0334. The smallest absolute Gasteiger partial charge is 0.338 e. The van der Waals surface area contributed by atoms with Crippen molar-refractivity contribution < 1.29 is 9.53 Å². The highest BCUT2D eigenvalue weighted by atomic mass is 35.5. The molecule has 2 nitrogen and oxygen atoms in total. The molecule has 0 aliphatic rings. The Kier molecular flexibility index (Phi) is 3.96. The van der Waals surface area contributed by atoms with Gasteiger partial charge in [-0.2, -0.15) is 0 Å². The summed E-state index contributed by atoms with van der Waals surface area (Å²) in [6.07, 6.45) is 0.758. The first-order chi connectivity index (χ1) is 6.63. The van der Waals surface area contributed by atoms with Gasteiger partial charge in [-0.15, -0.1) is 0 Å². The standard InChI is InChI=1S/C11H13ClO2/c1-3-8(2)14-11(13)9-5-4-6-10(12)7-9/h4-8H,3H2,1-2H3/t8-/m1/s1. The van der Waals surface area contributed by atoms with Crippen molar-refractivity contribution >= 4 is 17.6 Å². The topological polar surface area (TPSA) is 26.3 Å². The van der Waals surface area contributed by atoms with E-state index in [0.29, 0.717) is 10.6 Å². The highest BCUT2D eigenvalue weighted by molar-refractivity contribution is 6.30. The fourth-order valence-electron chi connectivity index (χ4n) is 0.950. The fourth-order valence-corrected chi connectivity index (χ4v) is 1.14. The second-order valence-electron chi connectivity index (χ2n) is 3.13. The van der Waals surface area contributed by atoms with Crippen molar-refractivity contribution in [3.63, 3.8) is 0 Å². The zero-order chi connectivity index (χ0) is 10.6. The molecule has 0 unspecified atom stereocenters. The molecule has 14 heavy (non-hydrogen) atoms. The van der Waals surface area contributed by atoms with Crippen molar-refractivity contribution in [3.8, 4) is 0 Å². The van der Waals surface area contributed by atoms with Crippen molar-refractivity contribution in [2.75, 3.05) is 0 Å². The van der Waals surface area contributed by atoms with Gasteiger partial charge in [0.15, 0.2) is 0 Å². The minimum absolute atomic E-state index is 0.0542. The lowest BCUT2D eigenvalue weighted by Crippen LogP contribution is -2.13. The summed E-state index contributed by atoms with van der Waals surface area (Å²) in [7, 11) is 0. The van der Waals surface area contributed by atoms with Crippen LogP contribution in [0.3, 0.4) is 0 Å². The second kappa shape index (κ2) is 5.01. The average Bonchev–Trinajstić information content (AvgIpc) is 2.17. The largest absolute Gasteiger partial charge is 0.459 e. The number of hydrogen-bond donors (Lipinski definition) is 0. The van der Waals surface area contributed by atoms with E-state index < -0.39 is 0 Å². The van der Waals surface area contributed by atoms with Gasteiger partial charge in [-0.3, -0.25) is 0 Å². The van der Waals surface area contributed by atoms with Crippen LogP contribution >= 0.6 is 11.6 Å². The molecule has 0 aliphatic heterocycles. The van der Waals surface area contributed by atoms with Gasteiger partial charge in [0.05, 0.1) is 11.7 Å². The molecule has 0 saturated heterocycles. The molecular weight excluding hydrogens is 200 g/mol. The Morgan fingerprint density at radius 3 is 2.86 bits per heavy atom. The summed E-state index contributed by atoms with van der Waals surface area (Å²) < 4.78 is 5.14. The van der Waals surface area contributed by atoms with Crippen LogP contribution in [-0.2, 0) is 4.74 Å². The summed E-state index contributed by atoms with van der Waals surface area (Å²) in [6, 6.07) is 6.75. The molecule has 0 saturated carbocycles. The highest BCUT2D eigenvalue weighted by Crippen LogP contribution is 2.12. The predicted octanol–water partition coefficient (Wildman–Crippen LogP) is 3.30. The maximum Gasteiger partial charge on any atom is 0.338 e. The first-order valence-corrected chi connectivity index (χ1v) is 4.97. The van der Waals surface area contributed by atoms with Gasteiger partial charge in [0.1, 0.15) is 0 Å². The van der Waals surface area contributed by atoms with Crippen LogP contribution in [0, 0.1) is 0 Å². The highest BCUT2D eigenvalue weighted by Gasteiger charge is 2.10. The lowest BCUT2D eigenvalue weighted by Gasteiger charge is -2.10. The fraction of sp³-hybridized carbons (Fsp3) is 0.364. The summed E-state index contributed by atoms with van der Waals surface area (Å²) >= 11 is 5.75. The summed E-state index contributed by atoms with van der Waals surface area (Å²) in [5.74, 6) is -0.318. The third-order valence-corrected chi connectivity index (χ3v) is 2.18. The molecule has 0 spiro atoms. The van der Waals surface area contributed by atoms with Crippen LogP contribution in [0.25, 0.3) is 0 Å². The Morgan fingerprint density at radius 2 is 2.29 bits per heavy atom. The van der Waals surface area contributed by atoms with E-state index in [4.69, 9.17) is 16.3 Å². The molecule has 0 heterocycles. The molecule has 1 atom stereocenters. The number of carbonyl (C=O) groups is 1. The van der Waals surface area contributed by atoms with Gasteiger partial charge in [0.2, 0.25) is 0 Å². The van der Waals surface area contributed by atoms with Gasteiger partial charge in [0.25, 0.3) is 0 Å². The van der Waals surface area contributed by atoms with Crippen molar-refractivity contribution in [1.82, 2.24) is 0 Å². The summed E-state index contributed by atoms with van der Waals surface area (Å²) in [4.78, 5) is 11.5. The van der Waals surface area contributed by atoms with Gasteiger partial charge >= 0.3 is 5.97 Å². The molecular formula is C11H13ClO2. The maximum atomic E-state index is 11.5. The maximum absolute atomic E-state index is 11.5. The third kappa shape index (κ3) is 3.04. The number of benzene rings is 1. The quantitative estimate of drug-likeness (QED) is 0.719. The third-order valence-electron chi connectivity index (χ3n) is 1.94. The van der Waals surface area contributed by atoms with Crippen LogP contribution in [0.1, 0.15) is 30.6 Å². The second-order valence-corrected chi connectivity index (χ2v) is 3.57. The van der Waals surface area contributed by atoms with Crippen LogP contribution in [0.15, 0.2) is 24.3 Å². The van der Waals surface area contributed by atoms with E-state index in [1.165, 1.54) is 0 Å². The molecule has 0 N–H and O–H groups in total. The Morgan fingerprint density at radius 1 is 1.57 bits per heavy atom. The van der Waals surface area contributed by atoms with Crippen LogP contribution < -0.4 is 0 Å². The number of esters is 1. The van der Waals surface area contributed by atoms with E-state index in [9.17, 15) is 4.79 Å². The zero-order valence-electron chi connectivity index (χ0n) is 8.29. The summed E-state index contributed by atoms with van der Waals surface area (Å²) in [5.41, 5.74) is 0.498. The van der Waals surface area contributed by atoms with Gasteiger partial charge in [-0.25, -0.2) is 4.79 Å². The van der Waals surface area contributed by atoms with Gasteiger partial charge in [0, 0.05) is 5.02 Å². The predicted molar refractivity (Wildman–Crippen MR) is 56.6 cm³/mol. The molecule has 0 bridgehead atoms. The number of hydrogen-bond acceptors (Lipinski definition) is 2. The van der Waals surface area contributed by atoms with Gasteiger partial charge in [-0.1, -0.05) is 24.6 Å². The van der Waals surface area contributed by atoms with E-state index >= 15 is 0 Å². The normalized spacial score (nSPS) is 12.2. The summed E-state index contributed by atoms with van der Waals surface area (Å²) in [6.45, 7) is 3.83. The molecule has 0 fully saturated rings. The van der Waals surface area contributed by atoms with Crippen molar-refractivity contribution in [3.05, 3.63) is 34.9 Å². The first-order valence-electron chi connectivity index (χ1n) is 4.60. The molecule has 0 aromatic heterocycles. The minimum Gasteiger partial charge on any atom is -0.459 e. The summed E-state index contributed by atoms with van der Waals surface area (Å²) in [5, 5.41) is 0.545. The lowest BCUT2D eigenvalue weighted by atomic mass is 10.2. The molecule has 1 aromatic carbocycles. The van der Waals surface area contributed by atoms with Crippen LogP contribution in [0.4, 0.5) is 0 Å². The molecule has 0 amide bonds. The zero-order valence-corrected chi connectivity index (χ0v) is 9.04. The average molecular weight is 213 g/mol. The Balaban J connectivity index is 2.70. The number of ether oxygens (including phenoxy) is 1. The molecule has 76 valence electrons. The molecule has 1 aromatic rings. The molecule has 3 heteroatoms. The van der Waals surface area contributed by atoms with E-state index in [-0.39, 0.29) is 12.1 Å². The number of halogens is 1. The van der Waals surface area contributed by atoms with Crippen LogP contribution in [0.5, 0.6) is 0 Å². The van der Waals surface area contributed by atoms with E-state index in [2.05, 4.69) is 0 Å². The van der Waals surface area contributed by atoms with Crippen LogP contribution in [0.2, 0.25) is 5.02 Å². The minimum atomic E-state index is -0.318. The number of rotatable bonds is 3. The van der Waals surface area contributed by atoms with Crippen molar-refractivity contribution in [1.29, 1.82) is 0 Å². The number of carbonyl (C=O) groups excluding carboxylic acids is 1. The Labute approximate surface area is 88.8 Å². The van der Waals surface area contributed by atoms with Crippen molar-refractivity contribution in [2.45, 2.75) is 26.4 Å². The van der Waals surface area contributed by atoms with E-state index in [1.54, 1.807) is 24.3 Å². The van der Waals surface area contributed by atoms with Gasteiger partial charge in [-0.05, 0) is 31.5 Å². The first kappa shape index (κ1) is 11.1. The Hall–Kier alpha value is -1.02. The van der Waals surface area contributed by atoms with Crippen LogP contribution in [-0.4, -0.2) is 12.1 Å².